The van der Waals surface area contributed by atoms with Gasteiger partial charge in [0.05, 0.1) is 6.61 Å². The third kappa shape index (κ3) is 3.81. The second-order valence-electron chi connectivity index (χ2n) is 4.42. The van der Waals surface area contributed by atoms with Crippen molar-refractivity contribution < 1.29 is 9.84 Å². The number of rotatable bonds is 6. The van der Waals surface area contributed by atoms with Crippen LogP contribution in [0.4, 0.5) is 0 Å². The number of aliphatic hydroxyl groups excluding tert-OH is 1. The van der Waals surface area contributed by atoms with Gasteiger partial charge in [0.15, 0.2) is 0 Å². The molecule has 0 heterocycles. The topological polar surface area (TPSA) is 41.5 Å². The van der Waals surface area contributed by atoms with Crippen LogP contribution in [0, 0.1) is 0 Å². The van der Waals surface area contributed by atoms with Crippen LogP contribution in [-0.2, 0) is 0 Å². The van der Waals surface area contributed by atoms with Gasteiger partial charge in [-0.25, -0.2) is 0 Å². The number of ether oxygens (including phenoxy) is 1. The molecule has 0 aliphatic rings. The Hall–Kier alpha value is -1.84. The second-order valence-corrected chi connectivity index (χ2v) is 4.42. The molecule has 2 rings (SSSR count). The van der Waals surface area contributed by atoms with Gasteiger partial charge in [-0.3, -0.25) is 0 Å². The second kappa shape index (κ2) is 6.92. The van der Waals surface area contributed by atoms with Gasteiger partial charge in [0.1, 0.15) is 11.5 Å². The molecule has 0 spiro atoms. The van der Waals surface area contributed by atoms with Gasteiger partial charge in [0.2, 0.25) is 0 Å². The molecule has 0 amide bonds. The van der Waals surface area contributed by atoms with E-state index in [1.54, 1.807) is 0 Å². The molecular formula is C16H19NO2. The number of nitrogens with one attached hydrogen (secondary N) is 1. The highest BCUT2D eigenvalue weighted by molar-refractivity contribution is 5.34. The van der Waals surface area contributed by atoms with Gasteiger partial charge in [-0.2, -0.15) is 0 Å². The highest BCUT2D eigenvalue weighted by atomic mass is 16.5. The summed E-state index contributed by atoms with van der Waals surface area (Å²) in [7, 11) is 1.88. The fourth-order valence-electron chi connectivity index (χ4n) is 1.97. The van der Waals surface area contributed by atoms with Gasteiger partial charge >= 0.3 is 0 Å². The normalized spacial score (nSPS) is 12.1. The molecule has 2 aromatic rings. The van der Waals surface area contributed by atoms with Crippen molar-refractivity contribution in [2.45, 2.75) is 5.92 Å². The molecule has 2 aromatic carbocycles. The quantitative estimate of drug-likeness (QED) is 0.836. The molecule has 1 unspecified atom stereocenters. The summed E-state index contributed by atoms with van der Waals surface area (Å²) < 4.78 is 5.73. The predicted octanol–water partition coefficient (Wildman–Crippen LogP) is 2.77. The Morgan fingerprint density at radius 3 is 2.21 bits per heavy atom. The van der Waals surface area contributed by atoms with E-state index >= 15 is 0 Å². The zero-order valence-electron chi connectivity index (χ0n) is 11.0. The molecule has 0 aromatic heterocycles. The summed E-state index contributed by atoms with van der Waals surface area (Å²) >= 11 is 0. The van der Waals surface area contributed by atoms with E-state index in [1.807, 2.05) is 61.6 Å². The van der Waals surface area contributed by atoms with Crippen molar-refractivity contribution in [3.05, 3.63) is 60.2 Å². The molecule has 19 heavy (non-hydrogen) atoms. The Morgan fingerprint density at radius 2 is 1.63 bits per heavy atom. The van der Waals surface area contributed by atoms with E-state index in [-0.39, 0.29) is 12.5 Å². The monoisotopic (exact) mass is 257 g/mol. The van der Waals surface area contributed by atoms with Crippen LogP contribution < -0.4 is 10.1 Å². The molecule has 3 heteroatoms. The summed E-state index contributed by atoms with van der Waals surface area (Å²) in [4.78, 5) is 0. The van der Waals surface area contributed by atoms with Crippen LogP contribution in [-0.4, -0.2) is 25.3 Å². The molecule has 100 valence electrons. The smallest absolute Gasteiger partial charge is 0.127 e. The molecule has 0 saturated heterocycles. The van der Waals surface area contributed by atoms with Crippen LogP contribution in [0.15, 0.2) is 54.6 Å². The van der Waals surface area contributed by atoms with Crippen molar-refractivity contribution in [3.63, 3.8) is 0 Å². The van der Waals surface area contributed by atoms with E-state index in [2.05, 4.69) is 5.32 Å². The van der Waals surface area contributed by atoms with E-state index < -0.39 is 0 Å². The first-order chi connectivity index (χ1) is 9.33. The zero-order valence-corrected chi connectivity index (χ0v) is 11.0. The molecule has 2 N–H and O–H groups in total. The van der Waals surface area contributed by atoms with Crippen LogP contribution in [0.3, 0.4) is 0 Å². The maximum Gasteiger partial charge on any atom is 0.127 e. The van der Waals surface area contributed by atoms with E-state index in [4.69, 9.17) is 4.74 Å². The van der Waals surface area contributed by atoms with Gasteiger partial charge in [-0.1, -0.05) is 30.3 Å². The Balaban J connectivity index is 2.06. The van der Waals surface area contributed by atoms with Gasteiger partial charge in [-0.05, 0) is 36.9 Å². The minimum atomic E-state index is 0.121. The molecule has 0 bridgehead atoms. The number of aliphatic hydroxyl groups is 1. The summed E-state index contributed by atoms with van der Waals surface area (Å²) in [6.45, 7) is 0.898. The Kier molecular flexibility index (Phi) is 4.95. The summed E-state index contributed by atoms with van der Waals surface area (Å²) in [5.41, 5.74) is 1.11. The standard InChI is InChI=1S/C16H19NO2/c1-17-11-14(12-18)13-7-9-16(10-8-13)19-15-5-3-2-4-6-15/h2-10,14,17-18H,11-12H2,1H3. The maximum absolute atomic E-state index is 9.34. The summed E-state index contributed by atoms with van der Waals surface area (Å²) in [5, 5.41) is 12.4. The Bertz CT molecular complexity index is 482. The largest absolute Gasteiger partial charge is 0.457 e. The summed E-state index contributed by atoms with van der Waals surface area (Å²) in [6, 6.07) is 17.5. The average molecular weight is 257 g/mol. The number of benzene rings is 2. The van der Waals surface area contributed by atoms with Crippen molar-refractivity contribution in [3.8, 4) is 11.5 Å². The molecule has 0 aliphatic carbocycles. The van der Waals surface area contributed by atoms with Crippen LogP contribution in [0.2, 0.25) is 0 Å². The highest BCUT2D eigenvalue weighted by Crippen LogP contribution is 2.23. The Morgan fingerprint density at radius 1 is 1.00 bits per heavy atom. The minimum Gasteiger partial charge on any atom is -0.457 e. The van der Waals surface area contributed by atoms with Crippen molar-refractivity contribution in [1.29, 1.82) is 0 Å². The third-order valence-electron chi connectivity index (χ3n) is 3.00. The van der Waals surface area contributed by atoms with Crippen LogP contribution >= 0.6 is 0 Å². The van der Waals surface area contributed by atoms with Crippen molar-refractivity contribution in [2.24, 2.45) is 0 Å². The van der Waals surface area contributed by atoms with E-state index in [0.29, 0.717) is 0 Å². The fourth-order valence-corrected chi connectivity index (χ4v) is 1.97. The van der Waals surface area contributed by atoms with E-state index in [0.717, 1.165) is 23.6 Å². The minimum absolute atomic E-state index is 0.121. The summed E-state index contributed by atoms with van der Waals surface area (Å²) in [6.07, 6.45) is 0. The number of hydrogen-bond donors (Lipinski definition) is 2. The fraction of sp³-hybridized carbons (Fsp3) is 0.250. The Labute approximate surface area is 113 Å². The zero-order chi connectivity index (χ0) is 13.5. The summed E-state index contributed by atoms with van der Waals surface area (Å²) in [5.74, 6) is 1.75. The van der Waals surface area contributed by atoms with Crippen LogP contribution in [0.5, 0.6) is 11.5 Å². The lowest BCUT2D eigenvalue weighted by atomic mass is 10.00. The van der Waals surface area contributed by atoms with Crippen molar-refractivity contribution >= 4 is 0 Å². The van der Waals surface area contributed by atoms with Gasteiger partial charge in [-0.15, -0.1) is 0 Å². The third-order valence-corrected chi connectivity index (χ3v) is 3.00. The molecule has 0 aliphatic heterocycles. The predicted molar refractivity (Wildman–Crippen MR) is 76.7 cm³/mol. The van der Waals surface area contributed by atoms with Crippen LogP contribution in [0.25, 0.3) is 0 Å². The lowest BCUT2D eigenvalue weighted by Gasteiger charge is -2.14. The van der Waals surface area contributed by atoms with E-state index in [1.165, 1.54) is 0 Å². The number of likely N-dealkylation sites (N-methyl/N-ethyl adjacent to an activating group) is 1. The van der Waals surface area contributed by atoms with Gasteiger partial charge in [0.25, 0.3) is 0 Å². The van der Waals surface area contributed by atoms with Gasteiger partial charge < -0.3 is 15.2 Å². The molecule has 3 nitrogen and oxygen atoms in total. The first-order valence-electron chi connectivity index (χ1n) is 6.42. The highest BCUT2D eigenvalue weighted by Gasteiger charge is 2.09. The first kappa shape index (κ1) is 13.6. The van der Waals surface area contributed by atoms with E-state index in [9.17, 15) is 5.11 Å². The van der Waals surface area contributed by atoms with Crippen molar-refractivity contribution in [2.75, 3.05) is 20.2 Å². The number of hydrogen-bond acceptors (Lipinski definition) is 3. The van der Waals surface area contributed by atoms with Crippen LogP contribution in [0.1, 0.15) is 11.5 Å². The molecule has 0 fully saturated rings. The molecular weight excluding hydrogens is 238 g/mol. The SMILES string of the molecule is CNCC(CO)c1ccc(Oc2ccccc2)cc1. The molecule has 1 atom stereocenters. The lowest BCUT2D eigenvalue weighted by Crippen LogP contribution is -2.19. The lowest BCUT2D eigenvalue weighted by molar-refractivity contribution is 0.263. The molecule has 0 radical (unpaired) electrons. The van der Waals surface area contributed by atoms with Gasteiger partial charge in [0, 0.05) is 12.5 Å². The molecule has 0 saturated carbocycles. The first-order valence-corrected chi connectivity index (χ1v) is 6.42. The number of para-hydroxylation sites is 1. The maximum atomic E-state index is 9.34. The van der Waals surface area contributed by atoms with Crippen molar-refractivity contribution in [1.82, 2.24) is 5.32 Å². The average Bonchev–Trinajstić information content (AvgIpc) is 2.47.